The lowest BCUT2D eigenvalue weighted by Gasteiger charge is -2.35. The van der Waals surface area contributed by atoms with Crippen molar-refractivity contribution in [1.82, 2.24) is 10.2 Å². The Bertz CT molecular complexity index is 1390. The van der Waals surface area contributed by atoms with Gasteiger partial charge in [0.25, 0.3) is 11.8 Å². The summed E-state index contributed by atoms with van der Waals surface area (Å²) in [7, 11) is 0. The number of rotatable bonds is 6. The van der Waals surface area contributed by atoms with E-state index in [1.54, 1.807) is 35.2 Å². The third-order valence-corrected chi connectivity index (χ3v) is 6.81. The summed E-state index contributed by atoms with van der Waals surface area (Å²) < 4.78 is 11.4. The molecule has 1 N–H and O–H groups in total. The highest BCUT2D eigenvalue weighted by atomic mass is 32.1. The number of amides is 3. The molecule has 1 atom stereocenters. The predicted octanol–water partition coefficient (Wildman–Crippen LogP) is 5.34. The quantitative estimate of drug-likeness (QED) is 0.257. The van der Waals surface area contributed by atoms with Gasteiger partial charge in [-0.2, -0.15) is 0 Å². The average molecular weight is 542 g/mol. The summed E-state index contributed by atoms with van der Waals surface area (Å²) in [5, 5.41) is 2.59. The first-order valence-corrected chi connectivity index (χ1v) is 13.1. The highest BCUT2D eigenvalue weighted by Gasteiger charge is 2.37. The second-order valence-electron chi connectivity index (χ2n) is 9.19. The summed E-state index contributed by atoms with van der Waals surface area (Å²) in [4.78, 5) is 42.2. The molecule has 0 aromatic heterocycles. The van der Waals surface area contributed by atoms with Crippen molar-refractivity contribution in [3.05, 3.63) is 102 Å². The summed E-state index contributed by atoms with van der Waals surface area (Å²) in [5.41, 5.74) is 1.30. The minimum Gasteiger partial charge on any atom is -0.457 e. The summed E-state index contributed by atoms with van der Waals surface area (Å²) in [6, 6.07) is 25.2. The van der Waals surface area contributed by atoms with Crippen molar-refractivity contribution < 1.29 is 23.9 Å². The molecule has 3 aromatic rings. The Labute approximate surface area is 231 Å². The monoisotopic (exact) mass is 541 g/mol. The molecular formula is C30H27N3O5S. The molecule has 39 heavy (non-hydrogen) atoms. The van der Waals surface area contributed by atoms with Gasteiger partial charge < -0.3 is 14.4 Å². The van der Waals surface area contributed by atoms with Gasteiger partial charge in [-0.3, -0.25) is 19.8 Å². The second kappa shape index (κ2) is 11.9. The largest absolute Gasteiger partial charge is 0.457 e. The molecule has 3 amide bonds. The molecule has 2 aliphatic heterocycles. The third kappa shape index (κ3) is 6.15. The number of likely N-dealkylation sites (tertiary alicyclic amines) is 1. The van der Waals surface area contributed by atoms with Gasteiger partial charge >= 0.3 is 6.09 Å². The van der Waals surface area contributed by atoms with Gasteiger partial charge in [0.05, 0.1) is 11.7 Å². The van der Waals surface area contributed by atoms with E-state index in [4.69, 9.17) is 21.7 Å². The standard InChI is InChI=1S/C30H27N3O5S/c34-27-26(19-23-11-7-8-18-32(23)30(36)37-20-21-9-3-1-4-10-21)28(35)33(29(39)31-27)22-14-16-25(17-15-22)38-24-12-5-2-6-13-24/h1-6,9-10,12-17,19,23H,7-8,11,18,20H2,(H,31,34,39)/b26-19+. The van der Waals surface area contributed by atoms with E-state index in [1.807, 2.05) is 60.7 Å². The van der Waals surface area contributed by atoms with E-state index in [2.05, 4.69) is 5.32 Å². The van der Waals surface area contributed by atoms with Crippen LogP contribution in [0.15, 0.2) is 96.6 Å². The van der Waals surface area contributed by atoms with Crippen LogP contribution in [0, 0.1) is 0 Å². The molecule has 2 heterocycles. The minimum atomic E-state index is -0.589. The number of nitrogens with one attached hydrogen (secondary N) is 1. The summed E-state index contributed by atoms with van der Waals surface area (Å²) in [6.07, 6.45) is 3.36. The van der Waals surface area contributed by atoms with E-state index in [-0.39, 0.29) is 17.3 Å². The molecule has 2 aliphatic rings. The maximum atomic E-state index is 13.5. The van der Waals surface area contributed by atoms with Gasteiger partial charge in [-0.1, -0.05) is 48.5 Å². The van der Waals surface area contributed by atoms with Gasteiger partial charge in [0.2, 0.25) is 0 Å². The smallest absolute Gasteiger partial charge is 0.410 e. The van der Waals surface area contributed by atoms with Crippen molar-refractivity contribution in [2.75, 3.05) is 11.4 Å². The molecule has 0 aliphatic carbocycles. The molecule has 0 saturated carbocycles. The normalized spacial score (nSPS) is 18.6. The van der Waals surface area contributed by atoms with E-state index in [0.717, 1.165) is 18.4 Å². The molecule has 0 radical (unpaired) electrons. The van der Waals surface area contributed by atoms with Gasteiger partial charge in [0.15, 0.2) is 5.11 Å². The molecule has 2 fully saturated rings. The van der Waals surface area contributed by atoms with Crippen molar-refractivity contribution in [2.24, 2.45) is 0 Å². The van der Waals surface area contributed by atoms with Crippen LogP contribution in [0.5, 0.6) is 11.5 Å². The lowest BCUT2D eigenvalue weighted by molar-refractivity contribution is -0.122. The lowest BCUT2D eigenvalue weighted by atomic mass is 9.98. The maximum absolute atomic E-state index is 13.5. The summed E-state index contributed by atoms with van der Waals surface area (Å²) >= 11 is 5.33. The number of para-hydroxylation sites is 1. The zero-order valence-corrected chi connectivity index (χ0v) is 21.9. The van der Waals surface area contributed by atoms with E-state index in [0.29, 0.717) is 30.2 Å². The van der Waals surface area contributed by atoms with Crippen LogP contribution in [0.1, 0.15) is 24.8 Å². The van der Waals surface area contributed by atoms with Gasteiger partial charge in [-0.15, -0.1) is 0 Å². The number of anilines is 1. The number of thiocarbonyl (C=S) groups is 1. The van der Waals surface area contributed by atoms with Crippen LogP contribution in [0.25, 0.3) is 0 Å². The zero-order chi connectivity index (χ0) is 27.2. The molecule has 0 bridgehead atoms. The number of nitrogens with zero attached hydrogens (tertiary/aromatic N) is 2. The first-order chi connectivity index (χ1) is 19.0. The Morgan fingerprint density at radius 3 is 2.31 bits per heavy atom. The van der Waals surface area contributed by atoms with Gasteiger partial charge in [-0.05, 0) is 79.5 Å². The van der Waals surface area contributed by atoms with Crippen LogP contribution < -0.4 is 15.0 Å². The second-order valence-corrected chi connectivity index (χ2v) is 9.57. The molecule has 5 rings (SSSR count). The van der Waals surface area contributed by atoms with Crippen molar-refractivity contribution in [2.45, 2.75) is 31.9 Å². The number of hydrogen-bond donors (Lipinski definition) is 1. The van der Waals surface area contributed by atoms with E-state index >= 15 is 0 Å². The zero-order valence-electron chi connectivity index (χ0n) is 21.1. The highest BCUT2D eigenvalue weighted by molar-refractivity contribution is 7.80. The van der Waals surface area contributed by atoms with Crippen molar-refractivity contribution in [3.63, 3.8) is 0 Å². The number of piperidine rings is 1. The van der Waals surface area contributed by atoms with E-state index < -0.39 is 23.9 Å². The number of carbonyl (C=O) groups excluding carboxylic acids is 3. The molecular weight excluding hydrogens is 514 g/mol. The highest BCUT2D eigenvalue weighted by Crippen LogP contribution is 2.28. The Kier molecular flexibility index (Phi) is 7.98. The molecule has 2 saturated heterocycles. The van der Waals surface area contributed by atoms with E-state index in [1.165, 1.54) is 4.90 Å². The van der Waals surface area contributed by atoms with Crippen molar-refractivity contribution in [1.29, 1.82) is 0 Å². The van der Waals surface area contributed by atoms with Crippen LogP contribution in [0.3, 0.4) is 0 Å². The van der Waals surface area contributed by atoms with Crippen LogP contribution in [0.2, 0.25) is 0 Å². The minimum absolute atomic E-state index is 0.0124. The Balaban J connectivity index is 1.32. The molecule has 9 heteroatoms. The fourth-order valence-electron chi connectivity index (χ4n) is 4.55. The summed E-state index contributed by atoms with van der Waals surface area (Å²) in [6.45, 7) is 0.619. The molecule has 0 spiro atoms. The molecule has 1 unspecified atom stereocenters. The Hall–Kier alpha value is -4.50. The first-order valence-electron chi connectivity index (χ1n) is 12.7. The molecule has 198 valence electrons. The van der Waals surface area contributed by atoms with Crippen LogP contribution in [-0.4, -0.2) is 40.5 Å². The maximum Gasteiger partial charge on any atom is 0.410 e. The fourth-order valence-corrected chi connectivity index (χ4v) is 4.83. The topological polar surface area (TPSA) is 88.2 Å². The van der Waals surface area contributed by atoms with Crippen molar-refractivity contribution in [3.8, 4) is 11.5 Å². The average Bonchev–Trinajstić information content (AvgIpc) is 2.96. The van der Waals surface area contributed by atoms with Crippen molar-refractivity contribution >= 4 is 40.9 Å². The van der Waals surface area contributed by atoms with Gasteiger partial charge in [-0.25, -0.2) is 4.79 Å². The third-order valence-electron chi connectivity index (χ3n) is 6.52. The predicted molar refractivity (Wildman–Crippen MR) is 150 cm³/mol. The van der Waals surface area contributed by atoms with Crippen LogP contribution >= 0.6 is 12.2 Å². The van der Waals surface area contributed by atoms with Gasteiger partial charge in [0, 0.05) is 6.54 Å². The Morgan fingerprint density at radius 1 is 0.923 bits per heavy atom. The van der Waals surface area contributed by atoms with Gasteiger partial charge in [0.1, 0.15) is 23.7 Å². The number of hydrogen-bond acceptors (Lipinski definition) is 6. The molecule has 8 nitrogen and oxygen atoms in total. The van der Waals surface area contributed by atoms with Crippen LogP contribution in [0.4, 0.5) is 10.5 Å². The molecule has 3 aromatic carbocycles. The SMILES string of the molecule is O=C1NC(=S)N(c2ccc(Oc3ccccc3)cc2)C(=O)/C1=C/C1CCCCN1C(=O)OCc1ccccc1. The number of benzene rings is 3. The first kappa shape index (κ1) is 26.1. The number of ether oxygens (including phenoxy) is 2. The lowest BCUT2D eigenvalue weighted by Crippen LogP contribution is -2.55. The fraction of sp³-hybridized carbons (Fsp3) is 0.200. The van der Waals surface area contributed by atoms with E-state index in [9.17, 15) is 14.4 Å². The number of carbonyl (C=O) groups is 3. The Morgan fingerprint density at radius 2 is 1.59 bits per heavy atom. The summed E-state index contributed by atoms with van der Waals surface area (Å²) in [5.74, 6) is 0.135. The van der Waals surface area contributed by atoms with Crippen LogP contribution in [-0.2, 0) is 20.9 Å².